The van der Waals surface area contributed by atoms with E-state index in [0.29, 0.717) is 6.54 Å². The standard InChI is InChI=1S/C20H21BrN2O/c1-3-23(12-15-7-5-4-6-8-15)13-18-14(2)22-19-10-9-16(21)11-17(19)20(18)24/h4-11H,3,12-13H2,1-2H3,(H,22,24). The van der Waals surface area contributed by atoms with E-state index in [9.17, 15) is 4.79 Å². The Kier molecular flexibility index (Phi) is 5.17. The summed E-state index contributed by atoms with van der Waals surface area (Å²) in [6.07, 6.45) is 0. The Morgan fingerprint density at radius 2 is 1.83 bits per heavy atom. The molecule has 2 aromatic carbocycles. The van der Waals surface area contributed by atoms with Crippen molar-refractivity contribution >= 4 is 26.8 Å². The van der Waals surface area contributed by atoms with Crippen LogP contribution in [0.15, 0.2) is 57.8 Å². The summed E-state index contributed by atoms with van der Waals surface area (Å²) in [4.78, 5) is 18.6. The molecule has 0 saturated carbocycles. The number of rotatable bonds is 5. The highest BCUT2D eigenvalue weighted by Gasteiger charge is 2.13. The van der Waals surface area contributed by atoms with Crippen molar-refractivity contribution < 1.29 is 0 Å². The Bertz CT molecular complexity index is 903. The first-order valence-electron chi connectivity index (χ1n) is 8.15. The molecule has 0 fully saturated rings. The predicted molar refractivity (Wildman–Crippen MR) is 103 cm³/mol. The van der Waals surface area contributed by atoms with E-state index in [-0.39, 0.29) is 5.43 Å². The third kappa shape index (κ3) is 3.60. The molecular weight excluding hydrogens is 364 g/mol. The maximum atomic E-state index is 12.9. The minimum absolute atomic E-state index is 0.120. The van der Waals surface area contributed by atoms with Gasteiger partial charge in [-0.05, 0) is 37.2 Å². The second-order valence-electron chi connectivity index (χ2n) is 6.04. The van der Waals surface area contributed by atoms with Gasteiger partial charge in [-0.2, -0.15) is 0 Å². The Morgan fingerprint density at radius 1 is 1.08 bits per heavy atom. The largest absolute Gasteiger partial charge is 0.358 e. The summed E-state index contributed by atoms with van der Waals surface area (Å²) in [5.41, 5.74) is 4.06. The first-order valence-corrected chi connectivity index (χ1v) is 8.95. The van der Waals surface area contributed by atoms with E-state index in [1.54, 1.807) is 0 Å². The Balaban J connectivity index is 1.94. The molecule has 1 aromatic heterocycles. The van der Waals surface area contributed by atoms with Crippen LogP contribution in [0.5, 0.6) is 0 Å². The van der Waals surface area contributed by atoms with E-state index in [0.717, 1.165) is 39.7 Å². The highest BCUT2D eigenvalue weighted by molar-refractivity contribution is 9.10. The van der Waals surface area contributed by atoms with E-state index < -0.39 is 0 Å². The number of aryl methyl sites for hydroxylation is 1. The van der Waals surface area contributed by atoms with Gasteiger partial charge in [0.05, 0.1) is 0 Å². The van der Waals surface area contributed by atoms with Gasteiger partial charge >= 0.3 is 0 Å². The SMILES string of the molecule is CCN(Cc1ccccc1)Cc1c(C)[nH]c2ccc(Br)cc2c1=O. The number of hydrogen-bond donors (Lipinski definition) is 1. The Morgan fingerprint density at radius 3 is 2.54 bits per heavy atom. The summed E-state index contributed by atoms with van der Waals surface area (Å²) in [6.45, 7) is 6.49. The lowest BCUT2D eigenvalue weighted by Crippen LogP contribution is -2.27. The molecule has 3 aromatic rings. The van der Waals surface area contributed by atoms with Crippen LogP contribution < -0.4 is 5.43 Å². The Labute approximate surface area is 150 Å². The third-order valence-electron chi connectivity index (χ3n) is 4.35. The minimum Gasteiger partial charge on any atom is -0.358 e. The van der Waals surface area contributed by atoms with Crippen molar-refractivity contribution in [1.29, 1.82) is 0 Å². The number of H-pyrrole nitrogens is 1. The number of aromatic nitrogens is 1. The van der Waals surface area contributed by atoms with E-state index in [1.807, 2.05) is 31.2 Å². The lowest BCUT2D eigenvalue weighted by Gasteiger charge is -2.21. The van der Waals surface area contributed by atoms with Crippen molar-refractivity contribution in [1.82, 2.24) is 9.88 Å². The molecule has 0 aliphatic heterocycles. The fourth-order valence-corrected chi connectivity index (χ4v) is 3.32. The molecule has 0 radical (unpaired) electrons. The van der Waals surface area contributed by atoms with Crippen LogP contribution in [-0.2, 0) is 13.1 Å². The molecule has 0 atom stereocenters. The van der Waals surface area contributed by atoms with Crippen LogP contribution in [0.3, 0.4) is 0 Å². The quantitative estimate of drug-likeness (QED) is 0.696. The van der Waals surface area contributed by atoms with Crippen molar-refractivity contribution in [2.24, 2.45) is 0 Å². The van der Waals surface area contributed by atoms with Crippen molar-refractivity contribution in [3.8, 4) is 0 Å². The van der Waals surface area contributed by atoms with E-state index >= 15 is 0 Å². The van der Waals surface area contributed by atoms with Gasteiger partial charge in [0, 0.05) is 39.7 Å². The minimum atomic E-state index is 0.120. The normalized spacial score (nSPS) is 11.3. The average Bonchev–Trinajstić information content (AvgIpc) is 2.59. The highest BCUT2D eigenvalue weighted by Crippen LogP contribution is 2.18. The van der Waals surface area contributed by atoms with Gasteiger partial charge in [-0.25, -0.2) is 0 Å². The van der Waals surface area contributed by atoms with Gasteiger partial charge in [0.1, 0.15) is 0 Å². The van der Waals surface area contributed by atoms with Crippen LogP contribution in [0.25, 0.3) is 10.9 Å². The Hall–Kier alpha value is -1.91. The van der Waals surface area contributed by atoms with Gasteiger partial charge in [-0.3, -0.25) is 9.69 Å². The molecule has 3 nitrogen and oxygen atoms in total. The van der Waals surface area contributed by atoms with Crippen LogP contribution in [-0.4, -0.2) is 16.4 Å². The summed E-state index contributed by atoms with van der Waals surface area (Å²) < 4.78 is 0.923. The van der Waals surface area contributed by atoms with Gasteiger partial charge in [0.15, 0.2) is 5.43 Å². The predicted octanol–water partition coefficient (Wildman–Crippen LogP) is 4.62. The molecule has 0 spiro atoms. The number of nitrogens with one attached hydrogen (secondary N) is 1. The molecule has 0 bridgehead atoms. The molecule has 0 unspecified atom stereocenters. The molecular formula is C20H21BrN2O. The monoisotopic (exact) mass is 384 g/mol. The summed E-state index contributed by atoms with van der Waals surface area (Å²) in [5.74, 6) is 0. The van der Waals surface area contributed by atoms with Crippen molar-refractivity contribution in [2.45, 2.75) is 26.9 Å². The van der Waals surface area contributed by atoms with E-state index in [2.05, 4.69) is 57.0 Å². The number of aromatic amines is 1. The summed E-state index contributed by atoms with van der Waals surface area (Å²) in [7, 11) is 0. The van der Waals surface area contributed by atoms with Crippen LogP contribution in [0.2, 0.25) is 0 Å². The van der Waals surface area contributed by atoms with Gasteiger partial charge in [0.25, 0.3) is 0 Å². The van der Waals surface area contributed by atoms with Crippen LogP contribution >= 0.6 is 15.9 Å². The molecule has 0 amide bonds. The third-order valence-corrected chi connectivity index (χ3v) is 4.85. The second-order valence-corrected chi connectivity index (χ2v) is 6.95. The maximum Gasteiger partial charge on any atom is 0.194 e. The summed E-state index contributed by atoms with van der Waals surface area (Å²) in [6, 6.07) is 16.2. The summed E-state index contributed by atoms with van der Waals surface area (Å²) in [5, 5.41) is 0.737. The molecule has 1 heterocycles. The number of hydrogen-bond acceptors (Lipinski definition) is 2. The number of benzene rings is 2. The first kappa shape index (κ1) is 16.9. The average molecular weight is 385 g/mol. The van der Waals surface area contributed by atoms with Gasteiger partial charge in [-0.1, -0.05) is 53.2 Å². The van der Waals surface area contributed by atoms with Crippen LogP contribution in [0.1, 0.15) is 23.7 Å². The first-order chi connectivity index (χ1) is 11.6. The smallest absolute Gasteiger partial charge is 0.194 e. The zero-order valence-corrected chi connectivity index (χ0v) is 15.6. The molecule has 0 aliphatic carbocycles. The van der Waals surface area contributed by atoms with Crippen LogP contribution in [0, 0.1) is 6.92 Å². The number of nitrogens with zero attached hydrogens (tertiary/aromatic N) is 1. The lowest BCUT2D eigenvalue weighted by atomic mass is 10.1. The van der Waals surface area contributed by atoms with Gasteiger partial charge in [-0.15, -0.1) is 0 Å². The fraction of sp³-hybridized carbons (Fsp3) is 0.250. The highest BCUT2D eigenvalue weighted by atomic mass is 79.9. The van der Waals surface area contributed by atoms with Crippen LogP contribution in [0.4, 0.5) is 0 Å². The van der Waals surface area contributed by atoms with E-state index in [4.69, 9.17) is 0 Å². The topological polar surface area (TPSA) is 36.1 Å². The summed E-state index contributed by atoms with van der Waals surface area (Å²) >= 11 is 3.46. The number of fused-ring (bicyclic) bond motifs is 1. The van der Waals surface area contributed by atoms with Crippen molar-refractivity contribution in [3.63, 3.8) is 0 Å². The molecule has 24 heavy (non-hydrogen) atoms. The van der Waals surface area contributed by atoms with Crippen molar-refractivity contribution in [3.05, 3.63) is 80.0 Å². The lowest BCUT2D eigenvalue weighted by molar-refractivity contribution is 0.270. The van der Waals surface area contributed by atoms with E-state index in [1.165, 1.54) is 5.56 Å². The van der Waals surface area contributed by atoms with Gasteiger partial charge in [0.2, 0.25) is 0 Å². The fourth-order valence-electron chi connectivity index (χ4n) is 2.96. The second kappa shape index (κ2) is 7.32. The van der Waals surface area contributed by atoms with Crippen molar-refractivity contribution in [2.75, 3.05) is 6.54 Å². The zero-order valence-electron chi connectivity index (χ0n) is 14.0. The van der Waals surface area contributed by atoms with Gasteiger partial charge < -0.3 is 4.98 Å². The molecule has 4 heteroatoms. The number of pyridine rings is 1. The molecule has 0 saturated heterocycles. The molecule has 3 rings (SSSR count). The molecule has 0 aliphatic rings. The maximum absolute atomic E-state index is 12.9. The molecule has 1 N–H and O–H groups in total. The number of halogens is 1. The zero-order chi connectivity index (χ0) is 17.1. The molecule has 124 valence electrons.